The topological polar surface area (TPSA) is 18.5 Å². The predicted molar refractivity (Wildman–Crippen MR) is 199 cm³/mol. The first kappa shape index (κ1) is 44.7. The van der Waals surface area contributed by atoms with Crippen LogP contribution in [0.1, 0.15) is 106 Å². The molecular weight excluding hydrogens is 531 g/mol. The Hall–Kier alpha value is -1.75. The molecule has 42 heavy (non-hydrogen) atoms. The zero-order chi connectivity index (χ0) is 33.2. The van der Waals surface area contributed by atoms with Crippen molar-refractivity contribution in [3.63, 3.8) is 0 Å². The summed E-state index contributed by atoms with van der Waals surface area (Å²) in [6.45, 7) is 38.8. The molecule has 0 bridgehead atoms. The van der Waals surface area contributed by atoms with Crippen LogP contribution in [0.4, 0.5) is 0 Å². The number of thioether (sulfide) groups is 1. The average Bonchev–Trinajstić information content (AvgIpc) is 3.65. The maximum atomic E-state index is 3.72. The van der Waals surface area contributed by atoms with E-state index in [2.05, 4.69) is 123 Å². The zero-order valence-corrected chi connectivity index (χ0v) is 30.9. The number of hydrogen-bond acceptors (Lipinski definition) is 4. The van der Waals surface area contributed by atoms with Crippen LogP contribution < -0.4 is 5.32 Å². The van der Waals surface area contributed by atoms with Gasteiger partial charge in [-0.1, -0.05) is 125 Å². The molecule has 3 rings (SSSR count). The lowest BCUT2D eigenvalue weighted by Gasteiger charge is -2.20. The van der Waals surface area contributed by atoms with Crippen molar-refractivity contribution in [1.29, 1.82) is 0 Å². The number of benzene rings is 1. The second-order valence-electron chi connectivity index (χ2n) is 13.1. The maximum absolute atomic E-state index is 3.72. The van der Waals surface area contributed by atoms with Crippen LogP contribution >= 0.6 is 11.8 Å². The van der Waals surface area contributed by atoms with Gasteiger partial charge in [0, 0.05) is 31.3 Å². The molecule has 1 unspecified atom stereocenters. The van der Waals surface area contributed by atoms with Gasteiger partial charge in [0.15, 0.2) is 0 Å². The first-order valence-corrected chi connectivity index (χ1v) is 17.1. The van der Waals surface area contributed by atoms with Crippen molar-refractivity contribution in [1.82, 2.24) is 15.1 Å². The minimum absolute atomic E-state index is 0.250. The molecule has 2 heterocycles. The van der Waals surface area contributed by atoms with Gasteiger partial charge in [-0.2, -0.15) is 0 Å². The van der Waals surface area contributed by atoms with E-state index in [1.54, 1.807) is 17.3 Å². The van der Waals surface area contributed by atoms with Crippen LogP contribution in [0.2, 0.25) is 0 Å². The molecule has 2 aliphatic heterocycles. The fourth-order valence-corrected chi connectivity index (χ4v) is 4.53. The number of likely N-dealkylation sites (tertiary alicyclic amines) is 1. The summed E-state index contributed by atoms with van der Waals surface area (Å²) in [5.41, 5.74) is 3.23. The van der Waals surface area contributed by atoms with Gasteiger partial charge in [0.25, 0.3) is 0 Å². The molecule has 1 atom stereocenters. The SMILES string of the molecule is C1CSCN1.C=CCC(C)(C)C.C=CN(C)C=C.C=Cc1ccc(C(C)(C)C)cc1.CC.CC(C)CC1CCCN1C. The average molecular weight is 602 g/mol. The van der Waals surface area contributed by atoms with E-state index in [0.29, 0.717) is 5.41 Å². The molecule has 1 N–H and O–H groups in total. The quantitative estimate of drug-likeness (QED) is 0.327. The van der Waals surface area contributed by atoms with Crippen LogP contribution in [0.5, 0.6) is 0 Å². The van der Waals surface area contributed by atoms with E-state index in [9.17, 15) is 0 Å². The number of allylic oxidation sites excluding steroid dienone is 1. The van der Waals surface area contributed by atoms with Crippen molar-refractivity contribution in [3.8, 4) is 0 Å². The fourth-order valence-electron chi connectivity index (χ4n) is 3.81. The van der Waals surface area contributed by atoms with E-state index >= 15 is 0 Å². The Morgan fingerprint density at radius 2 is 1.55 bits per heavy atom. The highest BCUT2D eigenvalue weighted by molar-refractivity contribution is 7.99. The predicted octanol–water partition coefficient (Wildman–Crippen LogP) is 10.9. The highest BCUT2D eigenvalue weighted by Gasteiger charge is 2.20. The third-order valence-corrected chi connectivity index (χ3v) is 7.29. The molecule has 2 saturated heterocycles. The van der Waals surface area contributed by atoms with Gasteiger partial charge in [-0.05, 0) is 79.6 Å². The lowest BCUT2D eigenvalue weighted by molar-refractivity contribution is 0.272. The Morgan fingerprint density at radius 1 is 1.00 bits per heavy atom. The van der Waals surface area contributed by atoms with E-state index in [4.69, 9.17) is 0 Å². The van der Waals surface area contributed by atoms with Crippen LogP contribution in [0.15, 0.2) is 69.1 Å². The van der Waals surface area contributed by atoms with Crippen LogP contribution in [-0.4, -0.2) is 54.7 Å². The maximum Gasteiger partial charge on any atom is 0.0418 e. The number of rotatable bonds is 6. The van der Waals surface area contributed by atoms with Crippen molar-refractivity contribution < 1.29 is 0 Å². The Labute approximate surface area is 269 Å². The highest BCUT2D eigenvalue weighted by atomic mass is 32.2. The number of nitrogens with zero attached hydrogens (tertiary/aromatic N) is 2. The smallest absolute Gasteiger partial charge is 0.0418 e. The second kappa shape index (κ2) is 26.8. The Bertz CT molecular complexity index is 764. The lowest BCUT2D eigenvalue weighted by Crippen LogP contribution is -2.25. The van der Waals surface area contributed by atoms with E-state index in [-0.39, 0.29) is 5.41 Å². The third-order valence-electron chi connectivity index (χ3n) is 6.39. The van der Waals surface area contributed by atoms with Gasteiger partial charge in [-0.25, -0.2) is 0 Å². The van der Waals surface area contributed by atoms with Gasteiger partial charge in [0.05, 0.1) is 0 Å². The van der Waals surface area contributed by atoms with E-state index in [1.165, 1.54) is 55.1 Å². The Morgan fingerprint density at radius 3 is 1.76 bits per heavy atom. The summed E-state index contributed by atoms with van der Waals surface area (Å²) in [6, 6.07) is 9.43. The minimum atomic E-state index is 0.250. The van der Waals surface area contributed by atoms with Crippen molar-refractivity contribution >= 4 is 17.8 Å². The summed E-state index contributed by atoms with van der Waals surface area (Å²) in [5, 5.41) is 3.19. The summed E-state index contributed by atoms with van der Waals surface area (Å²) in [4.78, 5) is 4.28. The van der Waals surface area contributed by atoms with Crippen LogP contribution in [-0.2, 0) is 5.41 Å². The molecule has 0 radical (unpaired) electrons. The van der Waals surface area contributed by atoms with Crippen molar-refractivity contribution in [2.45, 2.75) is 106 Å². The summed E-state index contributed by atoms with van der Waals surface area (Å²) in [6.07, 6.45) is 12.5. The Kier molecular flexibility index (Phi) is 28.6. The molecule has 4 heteroatoms. The first-order valence-electron chi connectivity index (χ1n) is 15.9. The van der Waals surface area contributed by atoms with Crippen molar-refractivity contribution in [2.24, 2.45) is 11.3 Å². The molecule has 1 aromatic rings. The lowest BCUT2D eigenvalue weighted by atomic mass is 9.87. The van der Waals surface area contributed by atoms with Gasteiger partial charge in [0.1, 0.15) is 0 Å². The molecule has 0 spiro atoms. The molecule has 3 nitrogen and oxygen atoms in total. The molecule has 0 aliphatic carbocycles. The van der Waals surface area contributed by atoms with Crippen LogP contribution in [0, 0.1) is 11.3 Å². The van der Waals surface area contributed by atoms with Gasteiger partial charge < -0.3 is 15.1 Å². The molecule has 0 aromatic heterocycles. The van der Waals surface area contributed by atoms with E-state index < -0.39 is 0 Å². The van der Waals surface area contributed by atoms with Crippen LogP contribution in [0.3, 0.4) is 0 Å². The van der Waals surface area contributed by atoms with E-state index in [1.807, 2.05) is 44.8 Å². The Balaban J connectivity index is -0.000000461. The molecule has 2 aliphatic rings. The zero-order valence-electron chi connectivity index (χ0n) is 30.1. The summed E-state index contributed by atoms with van der Waals surface area (Å²) in [7, 11) is 4.13. The van der Waals surface area contributed by atoms with Crippen LogP contribution in [0.25, 0.3) is 6.08 Å². The molecule has 0 amide bonds. The first-order chi connectivity index (χ1) is 19.6. The van der Waals surface area contributed by atoms with Gasteiger partial charge in [0.2, 0.25) is 0 Å². The van der Waals surface area contributed by atoms with Gasteiger partial charge in [-0.3, -0.25) is 0 Å². The third kappa shape index (κ3) is 28.4. The highest BCUT2D eigenvalue weighted by Crippen LogP contribution is 2.22. The second-order valence-corrected chi connectivity index (χ2v) is 14.2. The summed E-state index contributed by atoms with van der Waals surface area (Å²) < 4.78 is 0. The van der Waals surface area contributed by atoms with E-state index in [0.717, 1.165) is 18.4 Å². The normalized spacial score (nSPS) is 15.8. The monoisotopic (exact) mass is 602 g/mol. The molecule has 2 fully saturated rings. The summed E-state index contributed by atoms with van der Waals surface area (Å²) >= 11 is 1.96. The van der Waals surface area contributed by atoms with Crippen molar-refractivity contribution in [2.75, 3.05) is 38.8 Å². The molecule has 1 aromatic carbocycles. The molecule has 0 saturated carbocycles. The van der Waals surface area contributed by atoms with Gasteiger partial charge >= 0.3 is 0 Å². The number of hydrogen-bond donors (Lipinski definition) is 1. The fraction of sp³-hybridized carbons (Fsp3) is 0.632. The molecular formula is C38H71N3S. The van der Waals surface area contributed by atoms with Gasteiger partial charge in [-0.15, -0.1) is 18.3 Å². The minimum Gasteiger partial charge on any atom is -0.358 e. The van der Waals surface area contributed by atoms with Crippen molar-refractivity contribution in [3.05, 3.63) is 80.2 Å². The number of nitrogens with one attached hydrogen (secondary N) is 1. The largest absolute Gasteiger partial charge is 0.358 e. The molecule has 244 valence electrons. The standard InChI is InChI=1S/C12H16.C9H19N.C7H14.C5H9N.C3H7NS.C2H6/c1-5-10-6-8-11(9-7-10)12(2,3)4;1-8(2)7-9-5-4-6-10(9)3;1-5-6-7(2,3)4;1-4-6(3)5-2;1-2-5-3-4-1;1-2/h5-9H,1H2,2-4H3;8-9H,4-7H2,1-3H3;5H,1,6H2,2-4H3;4-5H,1-2H2,3H3;4H,1-3H2;1-2H3. The summed E-state index contributed by atoms with van der Waals surface area (Å²) in [5.74, 6) is 3.34.